The zero-order chi connectivity index (χ0) is 16.3. The minimum atomic E-state index is -0.464. The van der Waals surface area contributed by atoms with Gasteiger partial charge in [-0.2, -0.15) is 0 Å². The molecule has 1 aliphatic heterocycles. The van der Waals surface area contributed by atoms with Crippen molar-refractivity contribution >= 4 is 6.09 Å². The van der Waals surface area contributed by atoms with E-state index >= 15 is 0 Å². The average Bonchev–Trinajstić information content (AvgIpc) is 2.45. The molecule has 1 saturated heterocycles. The predicted molar refractivity (Wildman–Crippen MR) is 86.7 cm³/mol. The second-order valence-electron chi connectivity index (χ2n) is 7.11. The summed E-state index contributed by atoms with van der Waals surface area (Å²) in [7, 11) is 0. The SMILES string of the molecule is Cc1ccccc1C(O)C1CCN(C(=O)OC(C)(C)C)CC1. The number of carbonyl (C=O) groups excluding carboxylic acids is 1. The molecular formula is C18H27NO3. The minimum absolute atomic E-state index is 0.194. The molecule has 2 rings (SSSR count). The van der Waals surface area contributed by atoms with Gasteiger partial charge in [-0.3, -0.25) is 0 Å². The third kappa shape index (κ3) is 4.23. The Hall–Kier alpha value is -1.55. The van der Waals surface area contributed by atoms with Crippen LogP contribution in [-0.4, -0.2) is 34.8 Å². The zero-order valence-corrected chi connectivity index (χ0v) is 14.0. The Morgan fingerprint density at radius 1 is 1.27 bits per heavy atom. The summed E-state index contributed by atoms with van der Waals surface area (Å²) in [5.74, 6) is 0.194. The van der Waals surface area contributed by atoms with E-state index in [0.29, 0.717) is 13.1 Å². The van der Waals surface area contributed by atoms with Crippen LogP contribution >= 0.6 is 0 Å². The molecule has 1 fully saturated rings. The van der Waals surface area contributed by atoms with Gasteiger partial charge in [0.25, 0.3) is 0 Å². The van der Waals surface area contributed by atoms with Crippen LogP contribution < -0.4 is 0 Å². The Kier molecular flexibility index (Phi) is 5.12. The molecule has 122 valence electrons. The van der Waals surface area contributed by atoms with Crippen LogP contribution in [-0.2, 0) is 4.74 Å². The van der Waals surface area contributed by atoms with Crippen LogP contribution in [0.15, 0.2) is 24.3 Å². The first-order valence-electron chi connectivity index (χ1n) is 7.99. The van der Waals surface area contributed by atoms with Crippen LogP contribution in [0, 0.1) is 12.8 Å². The molecule has 0 bridgehead atoms. The maximum Gasteiger partial charge on any atom is 0.410 e. The van der Waals surface area contributed by atoms with Gasteiger partial charge in [0.1, 0.15) is 5.60 Å². The van der Waals surface area contributed by atoms with E-state index in [1.165, 1.54) is 0 Å². The fourth-order valence-electron chi connectivity index (χ4n) is 2.90. The summed E-state index contributed by atoms with van der Waals surface area (Å²) in [4.78, 5) is 13.8. The van der Waals surface area contributed by atoms with Gasteiger partial charge in [0, 0.05) is 13.1 Å². The van der Waals surface area contributed by atoms with E-state index in [4.69, 9.17) is 4.74 Å². The second kappa shape index (κ2) is 6.69. The third-order valence-electron chi connectivity index (χ3n) is 4.14. The Morgan fingerprint density at radius 2 is 1.86 bits per heavy atom. The summed E-state index contributed by atoms with van der Waals surface area (Å²) in [5.41, 5.74) is 1.65. The van der Waals surface area contributed by atoms with Gasteiger partial charge in [-0.05, 0) is 57.6 Å². The van der Waals surface area contributed by atoms with Gasteiger partial charge >= 0.3 is 6.09 Å². The van der Waals surface area contributed by atoms with Crippen molar-refractivity contribution in [3.05, 3.63) is 35.4 Å². The summed E-state index contributed by atoms with van der Waals surface area (Å²) < 4.78 is 5.40. The van der Waals surface area contributed by atoms with Crippen LogP contribution in [0.1, 0.15) is 50.8 Å². The molecule has 0 radical (unpaired) electrons. The van der Waals surface area contributed by atoms with Gasteiger partial charge in [-0.1, -0.05) is 24.3 Å². The number of nitrogens with zero attached hydrogens (tertiary/aromatic N) is 1. The quantitative estimate of drug-likeness (QED) is 0.907. The molecule has 0 spiro atoms. The van der Waals surface area contributed by atoms with Gasteiger partial charge < -0.3 is 14.7 Å². The number of ether oxygens (including phenoxy) is 1. The number of piperidine rings is 1. The number of aliphatic hydroxyl groups is 1. The van der Waals surface area contributed by atoms with Crippen molar-refractivity contribution in [3.63, 3.8) is 0 Å². The van der Waals surface area contributed by atoms with Crippen molar-refractivity contribution in [2.45, 2.75) is 52.2 Å². The van der Waals surface area contributed by atoms with Gasteiger partial charge in [-0.15, -0.1) is 0 Å². The molecule has 22 heavy (non-hydrogen) atoms. The third-order valence-corrected chi connectivity index (χ3v) is 4.14. The average molecular weight is 305 g/mol. The zero-order valence-electron chi connectivity index (χ0n) is 14.0. The van der Waals surface area contributed by atoms with E-state index in [2.05, 4.69) is 0 Å². The van der Waals surface area contributed by atoms with Gasteiger partial charge in [0.2, 0.25) is 0 Å². The topological polar surface area (TPSA) is 49.8 Å². The highest BCUT2D eigenvalue weighted by molar-refractivity contribution is 5.68. The number of hydrogen-bond acceptors (Lipinski definition) is 3. The lowest BCUT2D eigenvalue weighted by molar-refractivity contribution is 0.00759. The maximum absolute atomic E-state index is 12.1. The summed E-state index contributed by atoms with van der Waals surface area (Å²) >= 11 is 0. The first kappa shape index (κ1) is 16.8. The summed E-state index contributed by atoms with van der Waals surface area (Å²) in [6.07, 6.45) is 0.891. The van der Waals surface area contributed by atoms with Crippen molar-refractivity contribution in [2.75, 3.05) is 13.1 Å². The van der Waals surface area contributed by atoms with E-state index in [0.717, 1.165) is 24.0 Å². The Balaban J connectivity index is 1.92. The molecule has 1 aliphatic rings. The second-order valence-corrected chi connectivity index (χ2v) is 7.11. The summed E-state index contributed by atoms with van der Waals surface area (Å²) in [6, 6.07) is 7.95. The summed E-state index contributed by atoms with van der Waals surface area (Å²) in [6.45, 7) is 8.93. The molecule has 1 unspecified atom stereocenters. The fourth-order valence-corrected chi connectivity index (χ4v) is 2.90. The van der Waals surface area contributed by atoms with Crippen LogP contribution in [0.5, 0.6) is 0 Å². The molecule has 1 heterocycles. The van der Waals surface area contributed by atoms with Crippen LogP contribution in [0.25, 0.3) is 0 Å². The molecular weight excluding hydrogens is 278 g/mol. The lowest BCUT2D eigenvalue weighted by Crippen LogP contribution is -2.42. The Bertz CT molecular complexity index is 513. The van der Waals surface area contributed by atoms with Gasteiger partial charge in [0.05, 0.1) is 6.10 Å². The number of amides is 1. The molecule has 0 aliphatic carbocycles. The number of aliphatic hydroxyl groups excluding tert-OH is 1. The molecule has 4 heteroatoms. The molecule has 0 aromatic heterocycles. The van der Waals surface area contributed by atoms with E-state index in [9.17, 15) is 9.90 Å². The highest BCUT2D eigenvalue weighted by Crippen LogP contribution is 2.32. The maximum atomic E-state index is 12.1. The number of benzene rings is 1. The van der Waals surface area contributed by atoms with Crippen LogP contribution in [0.3, 0.4) is 0 Å². The van der Waals surface area contributed by atoms with Gasteiger partial charge in [-0.25, -0.2) is 4.79 Å². The van der Waals surface area contributed by atoms with Crippen molar-refractivity contribution in [2.24, 2.45) is 5.92 Å². The number of aryl methyl sites for hydroxylation is 1. The predicted octanol–water partition coefficient (Wildman–Crippen LogP) is 3.68. The lowest BCUT2D eigenvalue weighted by atomic mass is 9.86. The normalized spacial score (nSPS) is 18.1. The highest BCUT2D eigenvalue weighted by Gasteiger charge is 2.30. The highest BCUT2D eigenvalue weighted by atomic mass is 16.6. The smallest absolute Gasteiger partial charge is 0.410 e. The van der Waals surface area contributed by atoms with Crippen molar-refractivity contribution in [1.82, 2.24) is 4.90 Å². The standard InChI is InChI=1S/C18H27NO3/c1-13-7-5-6-8-15(13)16(20)14-9-11-19(12-10-14)17(21)22-18(2,3)4/h5-8,14,16,20H,9-12H2,1-4H3. The number of likely N-dealkylation sites (tertiary alicyclic amines) is 1. The number of hydrogen-bond donors (Lipinski definition) is 1. The largest absolute Gasteiger partial charge is 0.444 e. The van der Waals surface area contributed by atoms with E-state index < -0.39 is 11.7 Å². The molecule has 1 aromatic rings. The Labute approximate surface area is 133 Å². The molecule has 4 nitrogen and oxygen atoms in total. The minimum Gasteiger partial charge on any atom is -0.444 e. The van der Waals surface area contributed by atoms with Crippen molar-refractivity contribution in [3.8, 4) is 0 Å². The fraction of sp³-hybridized carbons (Fsp3) is 0.611. The van der Waals surface area contributed by atoms with Crippen molar-refractivity contribution in [1.29, 1.82) is 0 Å². The van der Waals surface area contributed by atoms with E-state index in [1.807, 2.05) is 52.0 Å². The van der Waals surface area contributed by atoms with E-state index in [-0.39, 0.29) is 12.0 Å². The summed E-state index contributed by atoms with van der Waals surface area (Å²) in [5, 5.41) is 10.6. The molecule has 1 amide bonds. The number of rotatable bonds is 2. The molecule has 1 N–H and O–H groups in total. The van der Waals surface area contributed by atoms with E-state index in [1.54, 1.807) is 4.90 Å². The van der Waals surface area contributed by atoms with Gasteiger partial charge in [0.15, 0.2) is 0 Å². The number of carbonyl (C=O) groups is 1. The first-order valence-corrected chi connectivity index (χ1v) is 7.99. The molecule has 1 aromatic carbocycles. The first-order chi connectivity index (χ1) is 10.3. The Morgan fingerprint density at radius 3 is 2.41 bits per heavy atom. The monoisotopic (exact) mass is 305 g/mol. The van der Waals surface area contributed by atoms with Crippen LogP contribution in [0.4, 0.5) is 4.79 Å². The van der Waals surface area contributed by atoms with Crippen LogP contribution in [0.2, 0.25) is 0 Å². The van der Waals surface area contributed by atoms with Crippen molar-refractivity contribution < 1.29 is 14.6 Å². The lowest BCUT2D eigenvalue weighted by Gasteiger charge is -2.35. The molecule has 1 atom stereocenters. The molecule has 0 saturated carbocycles.